The first kappa shape index (κ1) is 19.2. The van der Waals surface area contributed by atoms with Crippen LogP contribution in [-0.2, 0) is 6.42 Å². The summed E-state index contributed by atoms with van der Waals surface area (Å²) in [5, 5.41) is 1.30. The van der Waals surface area contributed by atoms with Gasteiger partial charge in [0.15, 0.2) is 0 Å². The van der Waals surface area contributed by atoms with E-state index in [1.54, 1.807) is 7.11 Å². The Labute approximate surface area is 198 Å². The van der Waals surface area contributed by atoms with E-state index in [4.69, 9.17) is 4.74 Å². The van der Waals surface area contributed by atoms with Gasteiger partial charge >= 0.3 is 0 Å². The van der Waals surface area contributed by atoms with Gasteiger partial charge in [0.2, 0.25) is 0 Å². The fourth-order valence-corrected chi connectivity index (χ4v) is 5.66. The molecule has 3 heteroatoms. The van der Waals surface area contributed by atoms with Gasteiger partial charge in [0.1, 0.15) is 11.8 Å². The van der Waals surface area contributed by atoms with Crippen molar-refractivity contribution >= 4 is 28.4 Å². The molecule has 34 heavy (non-hydrogen) atoms. The van der Waals surface area contributed by atoms with Crippen LogP contribution in [0.5, 0.6) is 5.75 Å². The summed E-state index contributed by atoms with van der Waals surface area (Å²) in [7, 11) is 1.74. The van der Waals surface area contributed by atoms with Gasteiger partial charge in [-0.05, 0) is 58.2 Å². The normalized spacial score (nSPS) is 16.1. The molecule has 4 aromatic carbocycles. The average Bonchev–Trinajstić information content (AvgIpc) is 3.18. The van der Waals surface area contributed by atoms with Crippen molar-refractivity contribution in [2.45, 2.75) is 12.5 Å². The Morgan fingerprint density at radius 1 is 0.853 bits per heavy atom. The first-order valence-electron chi connectivity index (χ1n) is 11.7. The molecule has 1 aromatic heterocycles. The molecule has 1 unspecified atom stereocenters. The second kappa shape index (κ2) is 7.39. The molecule has 0 saturated heterocycles. The van der Waals surface area contributed by atoms with E-state index in [0.29, 0.717) is 0 Å². The zero-order valence-electron chi connectivity index (χ0n) is 19.0. The Hall–Kier alpha value is -4.24. The van der Waals surface area contributed by atoms with Crippen molar-refractivity contribution in [2.75, 3.05) is 12.0 Å². The van der Waals surface area contributed by atoms with E-state index in [9.17, 15) is 0 Å². The van der Waals surface area contributed by atoms with Crippen molar-refractivity contribution in [1.29, 1.82) is 0 Å². The van der Waals surface area contributed by atoms with E-state index in [1.807, 2.05) is 0 Å². The lowest BCUT2D eigenvalue weighted by atomic mass is 9.88. The van der Waals surface area contributed by atoms with Crippen LogP contribution in [0.2, 0.25) is 0 Å². The van der Waals surface area contributed by atoms with Gasteiger partial charge in [0, 0.05) is 34.4 Å². The van der Waals surface area contributed by atoms with Crippen LogP contribution < -0.4 is 9.64 Å². The molecular weight excluding hydrogens is 416 g/mol. The number of fused-ring (bicyclic) bond motifs is 9. The third-order valence-electron chi connectivity index (χ3n) is 7.21. The quantitative estimate of drug-likeness (QED) is 0.315. The van der Waals surface area contributed by atoms with Crippen molar-refractivity contribution in [2.24, 2.45) is 0 Å². The van der Waals surface area contributed by atoms with Gasteiger partial charge < -0.3 is 14.6 Å². The number of para-hydroxylation sites is 2. The van der Waals surface area contributed by atoms with E-state index < -0.39 is 0 Å². The second-order valence-corrected chi connectivity index (χ2v) is 9.03. The summed E-state index contributed by atoms with van der Waals surface area (Å²) in [6.07, 6.45) is 3.22. The maximum absolute atomic E-state index is 5.67. The molecule has 1 atom stereocenters. The van der Waals surface area contributed by atoms with Crippen LogP contribution in [0.25, 0.3) is 22.7 Å². The minimum absolute atomic E-state index is 0.0105. The van der Waals surface area contributed by atoms with Crippen LogP contribution in [-0.4, -0.2) is 12.1 Å². The van der Waals surface area contributed by atoms with E-state index >= 15 is 0 Å². The summed E-state index contributed by atoms with van der Waals surface area (Å²) < 4.78 is 5.67. The number of anilines is 1. The number of aromatic amines is 1. The molecule has 0 radical (unpaired) electrons. The average molecular weight is 441 g/mol. The number of benzene rings is 4. The predicted octanol–water partition coefficient (Wildman–Crippen LogP) is 7.19. The number of nitrogens with one attached hydrogen (secondary N) is 1. The lowest BCUT2D eigenvalue weighted by Gasteiger charge is -2.39. The minimum atomic E-state index is 0.0105. The summed E-state index contributed by atoms with van der Waals surface area (Å²) in [4.78, 5) is 6.35. The molecule has 3 heterocycles. The Morgan fingerprint density at radius 2 is 1.65 bits per heavy atom. The van der Waals surface area contributed by atoms with Gasteiger partial charge in [-0.25, -0.2) is 0 Å². The summed E-state index contributed by atoms with van der Waals surface area (Å²) in [5.41, 5.74) is 11.3. The molecule has 0 aliphatic carbocycles. The molecular formula is C31H24N2O. The van der Waals surface area contributed by atoms with Crippen LogP contribution in [0.3, 0.4) is 0 Å². The first-order valence-corrected chi connectivity index (χ1v) is 11.7. The van der Waals surface area contributed by atoms with Crippen LogP contribution in [0.1, 0.15) is 39.6 Å². The van der Waals surface area contributed by atoms with Gasteiger partial charge in [-0.3, -0.25) is 0 Å². The highest BCUT2D eigenvalue weighted by Crippen LogP contribution is 2.50. The Bertz CT molecular complexity index is 1580. The number of nitrogens with zero attached hydrogens (tertiary/aromatic N) is 1. The molecule has 2 aliphatic heterocycles. The number of ether oxygens (including phenoxy) is 1. The van der Waals surface area contributed by atoms with Gasteiger partial charge in [0.05, 0.1) is 7.11 Å². The summed E-state index contributed by atoms with van der Waals surface area (Å²) in [6, 6.07) is 34.7. The van der Waals surface area contributed by atoms with Crippen LogP contribution in [0.4, 0.5) is 5.69 Å². The maximum atomic E-state index is 5.67. The molecule has 164 valence electrons. The standard InChI is InChI=1S/C31H24N2O/c1-34-23-16-15-21-18-29(20-9-3-2-4-10-20)33-28-14-8-5-11-22(28)17-26-24-12-6-7-13-27(24)32-30(26)31(33)25(21)19-23/h2-16,18-19,31-32H,17H2,1H3. The number of methoxy groups -OCH3 is 1. The van der Waals surface area contributed by atoms with Crippen molar-refractivity contribution in [3.05, 3.63) is 131 Å². The third kappa shape index (κ3) is 2.77. The molecule has 0 amide bonds. The van der Waals surface area contributed by atoms with E-state index in [1.165, 1.54) is 55.8 Å². The van der Waals surface area contributed by atoms with E-state index in [2.05, 4.69) is 113 Å². The number of hydrogen-bond acceptors (Lipinski definition) is 2. The smallest absolute Gasteiger partial charge is 0.119 e. The Morgan fingerprint density at radius 3 is 2.53 bits per heavy atom. The summed E-state index contributed by atoms with van der Waals surface area (Å²) in [5.74, 6) is 0.880. The van der Waals surface area contributed by atoms with Crippen molar-refractivity contribution in [3.63, 3.8) is 0 Å². The second-order valence-electron chi connectivity index (χ2n) is 9.03. The highest BCUT2D eigenvalue weighted by Gasteiger charge is 2.38. The largest absolute Gasteiger partial charge is 0.497 e. The monoisotopic (exact) mass is 440 g/mol. The maximum Gasteiger partial charge on any atom is 0.119 e. The van der Waals surface area contributed by atoms with E-state index in [-0.39, 0.29) is 6.04 Å². The van der Waals surface area contributed by atoms with E-state index in [0.717, 1.165) is 12.2 Å². The number of H-pyrrole nitrogens is 1. The third-order valence-corrected chi connectivity index (χ3v) is 7.21. The predicted molar refractivity (Wildman–Crippen MR) is 139 cm³/mol. The van der Waals surface area contributed by atoms with Crippen LogP contribution in [0, 0.1) is 0 Å². The zero-order chi connectivity index (χ0) is 22.6. The summed E-state index contributed by atoms with van der Waals surface area (Å²) in [6.45, 7) is 0. The Balaban J connectivity index is 1.60. The number of aromatic nitrogens is 1. The van der Waals surface area contributed by atoms with Gasteiger partial charge in [-0.1, -0.05) is 72.8 Å². The summed E-state index contributed by atoms with van der Waals surface area (Å²) >= 11 is 0. The van der Waals surface area contributed by atoms with Gasteiger partial charge in [0.25, 0.3) is 0 Å². The lowest BCUT2D eigenvalue weighted by molar-refractivity contribution is 0.414. The minimum Gasteiger partial charge on any atom is -0.497 e. The molecule has 2 aliphatic rings. The Kier molecular flexibility index (Phi) is 4.18. The van der Waals surface area contributed by atoms with Crippen molar-refractivity contribution in [1.82, 2.24) is 4.98 Å². The highest BCUT2D eigenvalue weighted by atomic mass is 16.5. The molecule has 7 rings (SSSR count). The number of rotatable bonds is 2. The van der Waals surface area contributed by atoms with Crippen molar-refractivity contribution < 1.29 is 4.74 Å². The molecule has 0 spiro atoms. The lowest BCUT2D eigenvalue weighted by Crippen LogP contribution is -2.31. The molecule has 5 aromatic rings. The van der Waals surface area contributed by atoms with Gasteiger partial charge in [-0.2, -0.15) is 0 Å². The fraction of sp³-hybridized carbons (Fsp3) is 0.0968. The molecule has 0 saturated carbocycles. The molecule has 0 fully saturated rings. The van der Waals surface area contributed by atoms with Crippen molar-refractivity contribution in [3.8, 4) is 5.75 Å². The topological polar surface area (TPSA) is 28.3 Å². The molecule has 0 bridgehead atoms. The zero-order valence-corrected chi connectivity index (χ0v) is 19.0. The van der Waals surface area contributed by atoms with Gasteiger partial charge in [-0.15, -0.1) is 0 Å². The highest BCUT2D eigenvalue weighted by molar-refractivity contribution is 5.97. The first-order chi connectivity index (χ1) is 16.8. The van der Waals surface area contributed by atoms with Crippen LogP contribution in [0.15, 0.2) is 97.1 Å². The SMILES string of the molecule is COc1ccc2c(c1)C1c3[nH]c4ccccc4c3Cc3ccccc3N1C(c1ccccc1)=C2. The van der Waals surface area contributed by atoms with Crippen LogP contribution >= 0.6 is 0 Å². The molecule has 1 N–H and O–H groups in total. The fourth-order valence-electron chi connectivity index (χ4n) is 5.66. The number of hydrogen-bond donors (Lipinski definition) is 1. The molecule has 3 nitrogen and oxygen atoms in total.